The Kier molecular flexibility index (Phi) is 5.63. The van der Waals surface area contributed by atoms with Gasteiger partial charge in [0.15, 0.2) is 0 Å². The maximum absolute atomic E-state index is 10.2. The molecule has 0 aliphatic carbocycles. The van der Waals surface area contributed by atoms with Crippen LogP contribution in [0.1, 0.15) is 12.8 Å². The SMILES string of the molecule is OC1(CNCCOc2cccc(Br)c2)CCOCC1. The summed E-state index contributed by atoms with van der Waals surface area (Å²) in [4.78, 5) is 0. The first-order valence-corrected chi connectivity index (χ1v) is 7.36. The van der Waals surface area contributed by atoms with Crippen LogP contribution in [0.25, 0.3) is 0 Å². The Labute approximate surface area is 122 Å². The van der Waals surface area contributed by atoms with Gasteiger partial charge in [0.25, 0.3) is 0 Å². The highest BCUT2D eigenvalue weighted by Gasteiger charge is 2.28. The zero-order valence-corrected chi connectivity index (χ0v) is 12.5. The van der Waals surface area contributed by atoms with Crippen molar-refractivity contribution in [3.05, 3.63) is 28.7 Å². The number of halogens is 1. The Hall–Kier alpha value is -0.620. The van der Waals surface area contributed by atoms with E-state index in [1.807, 2.05) is 24.3 Å². The molecule has 0 saturated carbocycles. The summed E-state index contributed by atoms with van der Waals surface area (Å²) in [6.45, 7) is 3.19. The highest BCUT2D eigenvalue weighted by molar-refractivity contribution is 9.10. The molecule has 5 heteroatoms. The maximum atomic E-state index is 10.2. The molecule has 2 rings (SSSR count). The number of hydrogen-bond donors (Lipinski definition) is 2. The molecular weight excluding hydrogens is 310 g/mol. The van der Waals surface area contributed by atoms with Crippen LogP contribution < -0.4 is 10.1 Å². The molecule has 0 radical (unpaired) electrons. The van der Waals surface area contributed by atoms with Crippen LogP contribution in [-0.2, 0) is 4.74 Å². The lowest BCUT2D eigenvalue weighted by Gasteiger charge is -2.32. The van der Waals surface area contributed by atoms with Crippen LogP contribution in [0.4, 0.5) is 0 Å². The van der Waals surface area contributed by atoms with Crippen molar-refractivity contribution in [1.82, 2.24) is 5.32 Å². The molecule has 2 N–H and O–H groups in total. The van der Waals surface area contributed by atoms with E-state index in [4.69, 9.17) is 9.47 Å². The first kappa shape index (κ1) is 14.8. The van der Waals surface area contributed by atoms with Crippen molar-refractivity contribution in [1.29, 1.82) is 0 Å². The van der Waals surface area contributed by atoms with Gasteiger partial charge in [0.2, 0.25) is 0 Å². The lowest BCUT2D eigenvalue weighted by atomic mass is 9.94. The maximum Gasteiger partial charge on any atom is 0.120 e. The molecule has 1 aliphatic rings. The molecule has 106 valence electrons. The van der Waals surface area contributed by atoms with Gasteiger partial charge in [-0.05, 0) is 18.2 Å². The van der Waals surface area contributed by atoms with Gasteiger partial charge in [-0.1, -0.05) is 22.0 Å². The van der Waals surface area contributed by atoms with Gasteiger partial charge in [0.05, 0.1) is 5.60 Å². The van der Waals surface area contributed by atoms with E-state index in [-0.39, 0.29) is 0 Å². The minimum Gasteiger partial charge on any atom is -0.492 e. The monoisotopic (exact) mass is 329 g/mol. The highest BCUT2D eigenvalue weighted by Crippen LogP contribution is 2.19. The second-order valence-electron chi connectivity index (χ2n) is 4.82. The summed E-state index contributed by atoms with van der Waals surface area (Å²) in [6.07, 6.45) is 1.40. The molecule has 0 unspecified atom stereocenters. The van der Waals surface area contributed by atoms with Crippen LogP contribution in [0.2, 0.25) is 0 Å². The van der Waals surface area contributed by atoms with Crippen molar-refractivity contribution in [3.8, 4) is 5.75 Å². The van der Waals surface area contributed by atoms with E-state index in [9.17, 15) is 5.11 Å². The van der Waals surface area contributed by atoms with Gasteiger partial charge in [0, 0.05) is 43.6 Å². The van der Waals surface area contributed by atoms with Gasteiger partial charge < -0.3 is 19.9 Å². The van der Waals surface area contributed by atoms with Gasteiger partial charge in [-0.25, -0.2) is 0 Å². The average Bonchev–Trinajstić information content (AvgIpc) is 2.39. The molecule has 19 heavy (non-hydrogen) atoms. The first-order valence-electron chi connectivity index (χ1n) is 6.57. The molecule has 0 aromatic heterocycles. The molecule has 0 bridgehead atoms. The molecule has 0 spiro atoms. The average molecular weight is 330 g/mol. The Bertz CT molecular complexity index is 394. The zero-order valence-electron chi connectivity index (χ0n) is 10.9. The summed E-state index contributed by atoms with van der Waals surface area (Å²) in [5.74, 6) is 0.848. The summed E-state index contributed by atoms with van der Waals surface area (Å²) >= 11 is 3.40. The fourth-order valence-electron chi connectivity index (χ4n) is 2.05. The van der Waals surface area contributed by atoms with E-state index in [2.05, 4.69) is 21.2 Å². The van der Waals surface area contributed by atoms with Gasteiger partial charge in [-0.2, -0.15) is 0 Å². The quantitative estimate of drug-likeness (QED) is 0.783. The molecule has 1 saturated heterocycles. The number of aliphatic hydroxyl groups is 1. The van der Waals surface area contributed by atoms with E-state index < -0.39 is 5.60 Å². The third-order valence-electron chi connectivity index (χ3n) is 3.22. The van der Waals surface area contributed by atoms with E-state index in [0.717, 1.165) is 16.8 Å². The number of ether oxygens (including phenoxy) is 2. The van der Waals surface area contributed by atoms with Crippen molar-refractivity contribution in [2.45, 2.75) is 18.4 Å². The van der Waals surface area contributed by atoms with Gasteiger partial charge in [-0.15, -0.1) is 0 Å². The normalized spacial score (nSPS) is 18.2. The van der Waals surface area contributed by atoms with Gasteiger partial charge in [0.1, 0.15) is 12.4 Å². The lowest BCUT2D eigenvalue weighted by molar-refractivity contribution is -0.0616. The van der Waals surface area contributed by atoms with Crippen LogP contribution >= 0.6 is 15.9 Å². The van der Waals surface area contributed by atoms with Crippen molar-refractivity contribution in [3.63, 3.8) is 0 Å². The van der Waals surface area contributed by atoms with Crippen LogP contribution in [0.15, 0.2) is 28.7 Å². The fraction of sp³-hybridized carbons (Fsp3) is 0.571. The minimum absolute atomic E-state index is 0.586. The lowest BCUT2D eigenvalue weighted by Crippen LogP contribution is -2.45. The number of nitrogens with one attached hydrogen (secondary N) is 1. The van der Waals surface area contributed by atoms with Gasteiger partial charge >= 0.3 is 0 Å². The minimum atomic E-state index is -0.617. The number of rotatable bonds is 6. The molecule has 1 aliphatic heterocycles. The van der Waals surface area contributed by atoms with Gasteiger partial charge in [-0.3, -0.25) is 0 Å². The van der Waals surface area contributed by atoms with Crippen molar-refractivity contribution in [2.75, 3.05) is 32.9 Å². The topological polar surface area (TPSA) is 50.7 Å². The molecular formula is C14H20BrNO3. The smallest absolute Gasteiger partial charge is 0.120 e. The molecule has 0 atom stereocenters. The highest BCUT2D eigenvalue weighted by atomic mass is 79.9. The van der Waals surface area contributed by atoms with Crippen LogP contribution in [0, 0.1) is 0 Å². The van der Waals surface area contributed by atoms with E-state index in [1.54, 1.807) is 0 Å². The first-order chi connectivity index (χ1) is 9.18. The summed E-state index contributed by atoms with van der Waals surface area (Å²) in [5.41, 5.74) is -0.617. The molecule has 1 aromatic rings. The largest absolute Gasteiger partial charge is 0.492 e. The third-order valence-corrected chi connectivity index (χ3v) is 3.71. The number of hydrogen-bond acceptors (Lipinski definition) is 4. The number of benzene rings is 1. The Morgan fingerprint density at radius 2 is 2.16 bits per heavy atom. The van der Waals surface area contributed by atoms with E-state index >= 15 is 0 Å². The summed E-state index contributed by atoms with van der Waals surface area (Å²) in [6, 6.07) is 7.77. The van der Waals surface area contributed by atoms with Crippen molar-refractivity contribution >= 4 is 15.9 Å². The van der Waals surface area contributed by atoms with Crippen LogP contribution in [-0.4, -0.2) is 43.6 Å². The molecule has 1 aromatic carbocycles. The fourth-order valence-corrected chi connectivity index (χ4v) is 2.43. The summed E-state index contributed by atoms with van der Waals surface area (Å²) in [7, 11) is 0. The summed E-state index contributed by atoms with van der Waals surface area (Å²) in [5, 5.41) is 13.5. The second kappa shape index (κ2) is 7.24. The van der Waals surface area contributed by atoms with Crippen LogP contribution in [0.3, 0.4) is 0 Å². The Balaban J connectivity index is 1.62. The van der Waals surface area contributed by atoms with Crippen molar-refractivity contribution in [2.24, 2.45) is 0 Å². The van der Waals surface area contributed by atoms with E-state index in [1.165, 1.54) is 0 Å². The van der Waals surface area contributed by atoms with Crippen LogP contribution in [0.5, 0.6) is 5.75 Å². The second-order valence-corrected chi connectivity index (χ2v) is 5.74. The standard InChI is InChI=1S/C14H20BrNO3/c15-12-2-1-3-13(10-12)19-9-6-16-11-14(17)4-7-18-8-5-14/h1-3,10,16-17H,4-9,11H2. The molecule has 1 heterocycles. The molecule has 1 fully saturated rings. The Morgan fingerprint density at radius 1 is 1.37 bits per heavy atom. The zero-order chi connectivity index (χ0) is 13.6. The summed E-state index contributed by atoms with van der Waals surface area (Å²) < 4.78 is 11.9. The predicted molar refractivity (Wildman–Crippen MR) is 77.5 cm³/mol. The molecule has 4 nitrogen and oxygen atoms in total. The predicted octanol–water partition coefficient (Wildman–Crippen LogP) is 1.96. The Morgan fingerprint density at radius 3 is 2.89 bits per heavy atom. The van der Waals surface area contributed by atoms with Crippen molar-refractivity contribution < 1.29 is 14.6 Å². The van der Waals surface area contributed by atoms with E-state index in [0.29, 0.717) is 39.2 Å². The molecule has 0 amide bonds. The third kappa shape index (κ3) is 5.10.